The Labute approximate surface area is 109 Å². The lowest BCUT2D eigenvalue weighted by Gasteiger charge is -2.31. The van der Waals surface area contributed by atoms with Gasteiger partial charge in [-0.25, -0.2) is 0 Å². The fourth-order valence-electron chi connectivity index (χ4n) is 3.26. The molecule has 2 heteroatoms. The van der Waals surface area contributed by atoms with Crippen molar-refractivity contribution in [3.05, 3.63) is 47.7 Å². The second kappa shape index (κ2) is 4.77. The first-order chi connectivity index (χ1) is 8.87. The number of hydrogen-bond donors (Lipinski definition) is 1. The van der Waals surface area contributed by atoms with Crippen LogP contribution >= 0.6 is 0 Å². The van der Waals surface area contributed by atoms with Crippen LogP contribution in [-0.2, 0) is 10.2 Å². The predicted molar refractivity (Wildman–Crippen MR) is 73.5 cm³/mol. The van der Waals surface area contributed by atoms with Gasteiger partial charge in [0.25, 0.3) is 0 Å². The highest BCUT2D eigenvalue weighted by molar-refractivity contribution is 5.38. The van der Waals surface area contributed by atoms with Gasteiger partial charge < -0.3 is 10.1 Å². The summed E-state index contributed by atoms with van der Waals surface area (Å²) in [5.74, 6) is 0. The summed E-state index contributed by atoms with van der Waals surface area (Å²) in [6, 6.07) is 11.3. The molecule has 1 aromatic rings. The summed E-state index contributed by atoms with van der Waals surface area (Å²) >= 11 is 0. The van der Waals surface area contributed by atoms with Gasteiger partial charge in [-0.1, -0.05) is 30.3 Å². The lowest BCUT2D eigenvalue weighted by molar-refractivity contribution is 0.217. The molecule has 1 fully saturated rings. The van der Waals surface area contributed by atoms with Crippen molar-refractivity contribution >= 4 is 0 Å². The van der Waals surface area contributed by atoms with Crippen LogP contribution in [0.25, 0.3) is 0 Å². The molecule has 0 bridgehead atoms. The molecule has 2 nitrogen and oxygen atoms in total. The number of rotatable bonds is 4. The molecule has 0 spiro atoms. The van der Waals surface area contributed by atoms with Crippen LogP contribution in [0, 0.1) is 0 Å². The highest BCUT2D eigenvalue weighted by atomic mass is 16.5. The SMILES string of the molecule is CNC(C1=COCCC1)C1(c2ccccc2)CC1. The molecule has 2 aliphatic rings. The van der Waals surface area contributed by atoms with Crippen LogP contribution in [0.4, 0.5) is 0 Å². The molecule has 0 amide bonds. The van der Waals surface area contributed by atoms with Crippen LogP contribution in [-0.4, -0.2) is 19.7 Å². The zero-order valence-electron chi connectivity index (χ0n) is 11.0. The van der Waals surface area contributed by atoms with E-state index in [2.05, 4.69) is 42.7 Å². The predicted octanol–water partition coefficient (Wildman–Crippen LogP) is 3.00. The average molecular weight is 243 g/mol. The molecule has 3 rings (SSSR count). The fourth-order valence-corrected chi connectivity index (χ4v) is 3.26. The van der Waals surface area contributed by atoms with Crippen LogP contribution in [0.1, 0.15) is 31.2 Å². The number of ether oxygens (including phenoxy) is 1. The van der Waals surface area contributed by atoms with E-state index >= 15 is 0 Å². The van der Waals surface area contributed by atoms with Gasteiger partial charge in [0.2, 0.25) is 0 Å². The van der Waals surface area contributed by atoms with Gasteiger partial charge in [0.1, 0.15) is 0 Å². The standard InChI is InChI=1S/C16H21NO/c1-17-15(13-6-5-11-18-12-13)16(9-10-16)14-7-3-2-4-8-14/h2-4,7-8,12,15,17H,5-6,9-11H2,1H3. The fraction of sp³-hybridized carbons (Fsp3) is 0.500. The first kappa shape index (κ1) is 11.8. The molecule has 1 heterocycles. The average Bonchev–Trinajstić information content (AvgIpc) is 3.24. The third-order valence-electron chi connectivity index (χ3n) is 4.31. The van der Waals surface area contributed by atoms with Crippen molar-refractivity contribution in [3.8, 4) is 0 Å². The smallest absolute Gasteiger partial charge is 0.0876 e. The van der Waals surface area contributed by atoms with Crippen LogP contribution in [0.5, 0.6) is 0 Å². The molecular weight excluding hydrogens is 222 g/mol. The third-order valence-corrected chi connectivity index (χ3v) is 4.31. The molecule has 1 N–H and O–H groups in total. The van der Waals surface area contributed by atoms with E-state index < -0.39 is 0 Å². The highest BCUT2D eigenvalue weighted by Gasteiger charge is 2.51. The van der Waals surface area contributed by atoms with E-state index in [1.165, 1.54) is 30.4 Å². The molecule has 1 aromatic carbocycles. The molecule has 1 saturated carbocycles. The minimum Gasteiger partial charge on any atom is -0.501 e. The van der Waals surface area contributed by atoms with E-state index in [-0.39, 0.29) is 0 Å². The van der Waals surface area contributed by atoms with Crippen molar-refractivity contribution in [2.24, 2.45) is 0 Å². The van der Waals surface area contributed by atoms with Gasteiger partial charge in [-0.05, 0) is 43.9 Å². The summed E-state index contributed by atoms with van der Waals surface area (Å²) in [5, 5.41) is 3.52. The molecule has 1 aliphatic carbocycles. The van der Waals surface area contributed by atoms with Crippen LogP contribution < -0.4 is 5.32 Å². The van der Waals surface area contributed by atoms with Gasteiger partial charge in [0, 0.05) is 11.5 Å². The van der Waals surface area contributed by atoms with E-state index in [9.17, 15) is 0 Å². The Morgan fingerprint density at radius 1 is 1.22 bits per heavy atom. The Bertz CT molecular complexity index is 434. The molecule has 0 radical (unpaired) electrons. The van der Waals surface area contributed by atoms with Gasteiger partial charge in [-0.3, -0.25) is 0 Å². The van der Waals surface area contributed by atoms with Crippen molar-refractivity contribution in [3.63, 3.8) is 0 Å². The molecule has 96 valence electrons. The summed E-state index contributed by atoms with van der Waals surface area (Å²) in [6.07, 6.45) is 6.86. The molecule has 0 aromatic heterocycles. The maximum absolute atomic E-state index is 5.52. The van der Waals surface area contributed by atoms with Crippen molar-refractivity contribution in [1.29, 1.82) is 0 Å². The molecule has 18 heavy (non-hydrogen) atoms. The number of benzene rings is 1. The quantitative estimate of drug-likeness (QED) is 0.877. The number of likely N-dealkylation sites (N-methyl/N-ethyl adjacent to an activating group) is 1. The summed E-state index contributed by atoms with van der Waals surface area (Å²) in [4.78, 5) is 0. The molecular formula is C16H21NO. The summed E-state index contributed by atoms with van der Waals surface area (Å²) in [6.45, 7) is 0.873. The van der Waals surface area contributed by atoms with Crippen LogP contribution in [0.3, 0.4) is 0 Å². The summed E-state index contributed by atoms with van der Waals surface area (Å²) < 4.78 is 5.52. The maximum atomic E-state index is 5.52. The minimum atomic E-state index is 0.308. The first-order valence-corrected chi connectivity index (χ1v) is 6.90. The van der Waals surface area contributed by atoms with Crippen molar-refractivity contribution in [2.45, 2.75) is 37.1 Å². The van der Waals surface area contributed by atoms with Crippen LogP contribution in [0.2, 0.25) is 0 Å². The Hall–Kier alpha value is -1.28. The van der Waals surface area contributed by atoms with E-state index in [0.29, 0.717) is 11.5 Å². The largest absolute Gasteiger partial charge is 0.501 e. The maximum Gasteiger partial charge on any atom is 0.0876 e. The monoisotopic (exact) mass is 243 g/mol. The normalized spacial score (nSPS) is 22.8. The Morgan fingerprint density at radius 3 is 2.56 bits per heavy atom. The third kappa shape index (κ3) is 1.95. The van der Waals surface area contributed by atoms with Gasteiger partial charge >= 0.3 is 0 Å². The van der Waals surface area contributed by atoms with Gasteiger partial charge in [-0.2, -0.15) is 0 Å². The van der Waals surface area contributed by atoms with E-state index in [1.807, 2.05) is 6.26 Å². The minimum absolute atomic E-state index is 0.308. The first-order valence-electron chi connectivity index (χ1n) is 6.90. The van der Waals surface area contributed by atoms with Gasteiger partial charge in [-0.15, -0.1) is 0 Å². The lowest BCUT2D eigenvalue weighted by atomic mass is 9.82. The van der Waals surface area contributed by atoms with Gasteiger partial charge in [0.05, 0.1) is 12.9 Å². The van der Waals surface area contributed by atoms with Crippen molar-refractivity contribution in [1.82, 2.24) is 5.32 Å². The van der Waals surface area contributed by atoms with E-state index in [1.54, 1.807) is 0 Å². The summed E-state index contributed by atoms with van der Waals surface area (Å²) in [7, 11) is 2.07. The Morgan fingerprint density at radius 2 is 2.00 bits per heavy atom. The number of nitrogens with one attached hydrogen (secondary N) is 1. The van der Waals surface area contributed by atoms with Crippen molar-refractivity contribution in [2.75, 3.05) is 13.7 Å². The lowest BCUT2D eigenvalue weighted by Crippen LogP contribution is -2.40. The summed E-state index contributed by atoms with van der Waals surface area (Å²) in [5.41, 5.74) is 3.21. The zero-order valence-corrected chi connectivity index (χ0v) is 11.0. The molecule has 0 saturated heterocycles. The Kier molecular flexibility index (Phi) is 3.13. The van der Waals surface area contributed by atoms with E-state index in [4.69, 9.17) is 4.74 Å². The second-order valence-electron chi connectivity index (χ2n) is 5.41. The van der Waals surface area contributed by atoms with Crippen LogP contribution in [0.15, 0.2) is 42.2 Å². The zero-order chi connectivity index (χ0) is 12.4. The Balaban J connectivity index is 1.90. The highest BCUT2D eigenvalue weighted by Crippen LogP contribution is 2.53. The van der Waals surface area contributed by atoms with Crippen molar-refractivity contribution < 1.29 is 4.74 Å². The topological polar surface area (TPSA) is 21.3 Å². The second-order valence-corrected chi connectivity index (χ2v) is 5.41. The molecule has 1 unspecified atom stereocenters. The van der Waals surface area contributed by atoms with E-state index in [0.717, 1.165) is 13.0 Å². The molecule has 1 aliphatic heterocycles. The molecule has 1 atom stereocenters. The van der Waals surface area contributed by atoms with Gasteiger partial charge in [0.15, 0.2) is 0 Å². The number of hydrogen-bond acceptors (Lipinski definition) is 2.